The monoisotopic (exact) mass is 158 g/mol. The van der Waals surface area contributed by atoms with Crippen LogP contribution in [0.1, 0.15) is 27.2 Å². The molecule has 0 aliphatic rings. The second kappa shape index (κ2) is 4.11. The molecule has 64 valence electrons. The molecule has 1 N–H and O–H groups in total. The zero-order chi connectivity index (χ0) is 9.02. The number of carboxylic acid groups (broad SMARTS) is 1. The van der Waals surface area contributed by atoms with E-state index in [9.17, 15) is 9.59 Å². The summed E-state index contributed by atoms with van der Waals surface area (Å²) in [7, 11) is 0. The first-order chi connectivity index (χ1) is 5.00. The van der Waals surface area contributed by atoms with Gasteiger partial charge in [0.05, 0.1) is 0 Å². The van der Waals surface area contributed by atoms with E-state index in [2.05, 4.69) is 0 Å². The van der Waals surface area contributed by atoms with Gasteiger partial charge in [0.2, 0.25) is 0 Å². The molecule has 0 aliphatic carbocycles. The molecule has 0 spiro atoms. The minimum atomic E-state index is -1.01. The summed E-state index contributed by atoms with van der Waals surface area (Å²) in [5.41, 5.74) is 0. The summed E-state index contributed by atoms with van der Waals surface area (Å²) in [4.78, 5) is 21.3. The van der Waals surface area contributed by atoms with Gasteiger partial charge < -0.3 is 5.11 Å². The summed E-state index contributed by atoms with van der Waals surface area (Å²) in [5, 5.41) is 8.62. The molecule has 0 saturated heterocycles. The molecular weight excluding hydrogens is 144 g/mol. The van der Waals surface area contributed by atoms with Gasteiger partial charge in [0.1, 0.15) is 11.7 Å². The highest BCUT2D eigenvalue weighted by molar-refractivity contribution is 5.97. The molecule has 0 heterocycles. The maximum absolute atomic E-state index is 10.8. The third-order valence-electron chi connectivity index (χ3n) is 1.92. The number of ketones is 1. The van der Waals surface area contributed by atoms with Crippen LogP contribution in [0.15, 0.2) is 0 Å². The number of hydrogen-bond donors (Lipinski definition) is 1. The lowest BCUT2D eigenvalue weighted by Crippen LogP contribution is -2.27. The fourth-order valence-electron chi connectivity index (χ4n) is 1.05. The summed E-state index contributed by atoms with van der Waals surface area (Å²) < 4.78 is 0. The molecule has 0 saturated carbocycles. The largest absolute Gasteiger partial charge is 0.481 e. The SMILES string of the molecule is CC[C@H](C)[C@@H](C(C)=O)C(=O)O. The number of hydrogen-bond acceptors (Lipinski definition) is 2. The van der Waals surface area contributed by atoms with Gasteiger partial charge in [-0.05, 0) is 12.8 Å². The Kier molecular flexibility index (Phi) is 3.79. The van der Waals surface area contributed by atoms with Crippen LogP contribution >= 0.6 is 0 Å². The molecule has 0 amide bonds. The third-order valence-corrected chi connectivity index (χ3v) is 1.92. The Morgan fingerprint density at radius 2 is 1.91 bits per heavy atom. The fraction of sp³-hybridized carbons (Fsp3) is 0.750. The standard InChI is InChI=1S/C8H14O3/c1-4-5(2)7(6(3)9)8(10)11/h5,7H,4H2,1-3H3,(H,10,11)/t5-,7-/m0/s1. The first-order valence-electron chi connectivity index (χ1n) is 3.74. The van der Waals surface area contributed by atoms with Crippen molar-refractivity contribution >= 4 is 11.8 Å². The summed E-state index contributed by atoms with van der Waals surface area (Å²) in [6, 6.07) is 0. The van der Waals surface area contributed by atoms with Gasteiger partial charge in [0.25, 0.3) is 0 Å². The predicted molar refractivity (Wildman–Crippen MR) is 41.3 cm³/mol. The Bertz CT molecular complexity index is 149. The van der Waals surface area contributed by atoms with Gasteiger partial charge in [-0.3, -0.25) is 9.59 Å². The van der Waals surface area contributed by atoms with Crippen molar-refractivity contribution in [2.75, 3.05) is 0 Å². The van der Waals surface area contributed by atoms with E-state index >= 15 is 0 Å². The maximum atomic E-state index is 10.8. The smallest absolute Gasteiger partial charge is 0.314 e. The van der Waals surface area contributed by atoms with Gasteiger partial charge in [-0.1, -0.05) is 20.3 Å². The van der Waals surface area contributed by atoms with Crippen LogP contribution < -0.4 is 0 Å². The topological polar surface area (TPSA) is 54.4 Å². The third kappa shape index (κ3) is 2.70. The molecule has 0 aliphatic heterocycles. The fourth-order valence-corrected chi connectivity index (χ4v) is 1.05. The van der Waals surface area contributed by atoms with Gasteiger partial charge in [0, 0.05) is 0 Å². The van der Waals surface area contributed by atoms with Crippen molar-refractivity contribution in [1.29, 1.82) is 0 Å². The molecule has 3 nitrogen and oxygen atoms in total. The van der Waals surface area contributed by atoms with Crippen molar-refractivity contribution < 1.29 is 14.7 Å². The van der Waals surface area contributed by atoms with Crippen molar-refractivity contribution in [3.05, 3.63) is 0 Å². The molecule has 0 radical (unpaired) electrons. The number of Topliss-reactive ketones (excluding diaryl/α,β-unsaturated/α-hetero) is 1. The van der Waals surface area contributed by atoms with E-state index in [0.717, 1.165) is 6.42 Å². The molecule has 11 heavy (non-hydrogen) atoms. The molecule has 0 aromatic rings. The number of aliphatic carboxylic acids is 1. The molecule has 0 unspecified atom stereocenters. The Morgan fingerprint density at radius 1 is 1.45 bits per heavy atom. The average Bonchev–Trinajstić information content (AvgIpc) is 1.85. The van der Waals surface area contributed by atoms with Crippen molar-refractivity contribution in [3.8, 4) is 0 Å². The number of carbonyl (C=O) groups excluding carboxylic acids is 1. The van der Waals surface area contributed by atoms with Crippen molar-refractivity contribution in [2.24, 2.45) is 11.8 Å². The van der Waals surface area contributed by atoms with Crippen LogP contribution in [0.4, 0.5) is 0 Å². The zero-order valence-electron chi connectivity index (χ0n) is 7.13. The van der Waals surface area contributed by atoms with Crippen LogP contribution in [0, 0.1) is 11.8 Å². The van der Waals surface area contributed by atoms with E-state index in [-0.39, 0.29) is 11.7 Å². The number of carbonyl (C=O) groups is 2. The maximum Gasteiger partial charge on any atom is 0.314 e. The average molecular weight is 158 g/mol. The molecule has 0 bridgehead atoms. The Morgan fingerprint density at radius 3 is 2.00 bits per heavy atom. The Balaban J connectivity index is 4.34. The van der Waals surface area contributed by atoms with Crippen LogP contribution in [0.25, 0.3) is 0 Å². The molecule has 0 fully saturated rings. The minimum absolute atomic E-state index is 0.0648. The van der Waals surface area contributed by atoms with Crippen molar-refractivity contribution in [3.63, 3.8) is 0 Å². The Labute approximate surface area is 66.4 Å². The quantitative estimate of drug-likeness (QED) is 0.628. The first kappa shape index (κ1) is 10.1. The van der Waals surface area contributed by atoms with E-state index in [1.54, 1.807) is 6.92 Å². The van der Waals surface area contributed by atoms with E-state index in [1.165, 1.54) is 6.92 Å². The van der Waals surface area contributed by atoms with Crippen LogP contribution in [0.3, 0.4) is 0 Å². The van der Waals surface area contributed by atoms with Crippen LogP contribution in [0.5, 0.6) is 0 Å². The van der Waals surface area contributed by atoms with E-state index in [4.69, 9.17) is 5.11 Å². The minimum Gasteiger partial charge on any atom is -0.481 e. The highest BCUT2D eigenvalue weighted by atomic mass is 16.4. The normalized spacial score (nSPS) is 15.5. The van der Waals surface area contributed by atoms with Crippen molar-refractivity contribution in [1.82, 2.24) is 0 Å². The second-order valence-electron chi connectivity index (χ2n) is 2.81. The molecule has 0 rings (SSSR count). The van der Waals surface area contributed by atoms with Crippen LogP contribution in [0.2, 0.25) is 0 Å². The lowest BCUT2D eigenvalue weighted by Gasteiger charge is -2.14. The summed E-state index contributed by atoms with van der Waals surface area (Å²) in [6.07, 6.45) is 0.719. The van der Waals surface area contributed by atoms with Crippen LogP contribution in [-0.4, -0.2) is 16.9 Å². The van der Waals surface area contributed by atoms with Gasteiger partial charge in [-0.15, -0.1) is 0 Å². The van der Waals surface area contributed by atoms with Crippen LogP contribution in [-0.2, 0) is 9.59 Å². The Hall–Kier alpha value is -0.860. The van der Waals surface area contributed by atoms with Gasteiger partial charge >= 0.3 is 5.97 Å². The van der Waals surface area contributed by atoms with E-state index in [0.29, 0.717) is 0 Å². The van der Waals surface area contributed by atoms with Gasteiger partial charge in [-0.25, -0.2) is 0 Å². The lowest BCUT2D eigenvalue weighted by atomic mass is 9.89. The van der Waals surface area contributed by atoms with E-state index in [1.807, 2.05) is 6.92 Å². The number of rotatable bonds is 4. The van der Waals surface area contributed by atoms with Gasteiger partial charge in [0.15, 0.2) is 0 Å². The molecule has 0 aromatic carbocycles. The van der Waals surface area contributed by atoms with Gasteiger partial charge in [-0.2, -0.15) is 0 Å². The summed E-state index contributed by atoms with van der Waals surface area (Å²) in [6.45, 7) is 4.98. The predicted octanol–water partition coefficient (Wildman–Crippen LogP) is 1.32. The lowest BCUT2D eigenvalue weighted by molar-refractivity contribution is -0.147. The highest BCUT2D eigenvalue weighted by Gasteiger charge is 2.27. The summed E-state index contributed by atoms with van der Waals surface area (Å²) in [5.74, 6) is -2.15. The first-order valence-corrected chi connectivity index (χ1v) is 3.74. The second-order valence-corrected chi connectivity index (χ2v) is 2.81. The molecule has 2 atom stereocenters. The van der Waals surface area contributed by atoms with Crippen molar-refractivity contribution in [2.45, 2.75) is 27.2 Å². The number of carboxylic acids is 1. The molecule has 3 heteroatoms. The zero-order valence-corrected chi connectivity index (χ0v) is 7.13. The van der Waals surface area contributed by atoms with E-state index < -0.39 is 11.9 Å². The molecular formula is C8H14O3. The highest BCUT2D eigenvalue weighted by Crippen LogP contribution is 2.16. The molecule has 0 aromatic heterocycles. The summed E-state index contributed by atoms with van der Waals surface area (Å²) >= 11 is 0.